The molecule has 4 heteroatoms. The van der Waals surface area contributed by atoms with Crippen molar-refractivity contribution in [2.24, 2.45) is 5.92 Å². The van der Waals surface area contributed by atoms with Gasteiger partial charge < -0.3 is 9.79 Å². The highest BCUT2D eigenvalue weighted by Crippen LogP contribution is 2.58. The van der Waals surface area contributed by atoms with Crippen LogP contribution in [-0.2, 0) is 42.2 Å². The monoisotopic (exact) mass is 582 g/mol. The number of hydrogen-bond acceptors (Lipinski definition) is 3. The van der Waals surface area contributed by atoms with Crippen molar-refractivity contribution in [2.45, 2.75) is 156 Å². The molecular weight excluding hydrogens is 523 g/mol. The van der Waals surface area contributed by atoms with E-state index < -0.39 is 14.2 Å². The van der Waals surface area contributed by atoms with Crippen molar-refractivity contribution in [3.63, 3.8) is 0 Å². The number of benzene rings is 2. The molecule has 0 spiro atoms. The normalized spacial score (nSPS) is 18.4. The second-order valence-corrected chi connectivity index (χ2v) is 13.2. The first-order chi connectivity index (χ1) is 19.9. The van der Waals surface area contributed by atoms with Crippen LogP contribution in [0.4, 0.5) is 0 Å². The molecule has 41 heavy (non-hydrogen) atoms. The Balaban J connectivity index is 2.28. The van der Waals surface area contributed by atoms with Crippen LogP contribution in [0.15, 0.2) is 30.3 Å². The van der Waals surface area contributed by atoms with E-state index in [4.69, 9.17) is 4.52 Å². The Bertz CT molecular complexity index is 1050. The summed E-state index contributed by atoms with van der Waals surface area (Å²) >= 11 is 0. The molecule has 2 atom stereocenters. The van der Waals surface area contributed by atoms with Crippen molar-refractivity contribution < 1.29 is 14.3 Å². The molecule has 1 aliphatic carbocycles. The van der Waals surface area contributed by atoms with E-state index in [9.17, 15) is 9.79 Å². The molecule has 2 N–H and O–H groups in total. The minimum absolute atomic E-state index is 0.197. The molecule has 0 aromatic heterocycles. The molecule has 0 aliphatic heterocycles. The average Bonchev–Trinajstić information content (AvgIpc) is 3.27. The first-order valence-corrected chi connectivity index (χ1v) is 18.3. The summed E-state index contributed by atoms with van der Waals surface area (Å²) in [6, 6.07) is 11.9. The zero-order valence-corrected chi connectivity index (χ0v) is 27.8. The summed E-state index contributed by atoms with van der Waals surface area (Å²) in [7, 11) is -2.54. The predicted octanol–water partition coefficient (Wildman–Crippen LogP) is 10.7. The zero-order valence-electron chi connectivity index (χ0n) is 26.9. The van der Waals surface area contributed by atoms with Gasteiger partial charge >= 0.3 is 8.60 Å². The van der Waals surface area contributed by atoms with E-state index in [1.807, 2.05) is 0 Å². The molecule has 3 nitrogen and oxygen atoms in total. The molecule has 230 valence electrons. The van der Waals surface area contributed by atoms with Crippen LogP contribution in [0.3, 0.4) is 0 Å². The SMILES string of the molecule is CCCCCCC1Cc2cc(CCCC)cc(CCCC)c2C1(OP(O)O)c1ccc(CCCC)cc1CCCC. The van der Waals surface area contributed by atoms with E-state index in [2.05, 4.69) is 65.0 Å². The van der Waals surface area contributed by atoms with E-state index in [0.717, 1.165) is 70.6 Å². The Labute approximate surface area is 253 Å². The molecule has 1 aliphatic rings. The maximum absolute atomic E-state index is 10.7. The molecule has 3 rings (SSSR count). The molecule has 2 aromatic carbocycles. The fourth-order valence-electron chi connectivity index (χ4n) is 7.08. The molecule has 0 fully saturated rings. The summed E-state index contributed by atoms with van der Waals surface area (Å²) in [4.78, 5) is 21.3. The van der Waals surface area contributed by atoms with Gasteiger partial charge in [0.05, 0.1) is 0 Å². The quantitative estimate of drug-likeness (QED) is 0.121. The van der Waals surface area contributed by atoms with Crippen LogP contribution in [0, 0.1) is 5.92 Å². The molecule has 0 saturated heterocycles. The molecule has 0 radical (unpaired) electrons. The topological polar surface area (TPSA) is 49.7 Å². The standard InChI is InChI=1S/C37H59O3P/c1-6-11-16-17-22-34-28-33-27-30(19-13-8-3)26-32(21-15-10-5)36(33)37(34,40-41(38)39)35-24-23-29(18-12-7-2)25-31(35)20-14-9-4/h23-27,34,38-39H,6-22,28H2,1-5H3. The van der Waals surface area contributed by atoms with Gasteiger partial charge in [0.25, 0.3) is 0 Å². The van der Waals surface area contributed by atoms with Gasteiger partial charge in [-0.05, 0) is 103 Å². The minimum Gasteiger partial charge on any atom is -0.328 e. The number of rotatable bonds is 20. The Morgan fingerprint density at radius 3 is 1.90 bits per heavy atom. The number of fused-ring (bicyclic) bond motifs is 1. The Morgan fingerprint density at radius 1 is 0.683 bits per heavy atom. The van der Waals surface area contributed by atoms with Gasteiger partial charge in [-0.25, -0.2) is 0 Å². The Morgan fingerprint density at radius 2 is 1.27 bits per heavy atom. The van der Waals surface area contributed by atoms with E-state index in [1.54, 1.807) is 0 Å². The summed E-state index contributed by atoms with van der Waals surface area (Å²) < 4.78 is 6.64. The zero-order chi connectivity index (χ0) is 29.7. The predicted molar refractivity (Wildman–Crippen MR) is 177 cm³/mol. The van der Waals surface area contributed by atoms with Crippen LogP contribution in [0.1, 0.15) is 157 Å². The van der Waals surface area contributed by atoms with Crippen LogP contribution in [-0.4, -0.2) is 9.79 Å². The molecule has 0 saturated carbocycles. The van der Waals surface area contributed by atoms with Gasteiger partial charge in [-0.15, -0.1) is 0 Å². The summed E-state index contributed by atoms with van der Waals surface area (Å²) in [5.41, 5.74) is 8.59. The molecule has 0 amide bonds. The summed E-state index contributed by atoms with van der Waals surface area (Å²) in [6.45, 7) is 11.3. The van der Waals surface area contributed by atoms with E-state index in [0.29, 0.717) is 0 Å². The van der Waals surface area contributed by atoms with Crippen LogP contribution >= 0.6 is 8.60 Å². The fraction of sp³-hybridized carbons (Fsp3) is 0.676. The lowest BCUT2D eigenvalue weighted by Crippen LogP contribution is -2.37. The third-order valence-corrected chi connectivity index (χ3v) is 9.66. The van der Waals surface area contributed by atoms with Crippen molar-refractivity contribution in [2.75, 3.05) is 0 Å². The second-order valence-electron chi connectivity index (χ2n) is 12.5. The maximum atomic E-state index is 10.7. The lowest BCUT2D eigenvalue weighted by Gasteiger charge is -2.40. The first kappa shape index (κ1) is 34.2. The Kier molecular flexibility index (Phi) is 14.8. The lowest BCUT2D eigenvalue weighted by molar-refractivity contribution is 0.0375. The third-order valence-electron chi connectivity index (χ3n) is 9.21. The maximum Gasteiger partial charge on any atom is 0.328 e. The van der Waals surface area contributed by atoms with Crippen molar-refractivity contribution in [3.05, 3.63) is 69.3 Å². The smallest absolute Gasteiger partial charge is 0.328 e. The Hall–Kier alpha value is -1.25. The van der Waals surface area contributed by atoms with E-state index in [1.165, 1.54) is 83.9 Å². The van der Waals surface area contributed by atoms with Crippen LogP contribution in [0.25, 0.3) is 0 Å². The molecule has 0 heterocycles. The summed E-state index contributed by atoms with van der Waals surface area (Å²) in [5, 5.41) is 0. The average molecular weight is 583 g/mol. The van der Waals surface area contributed by atoms with Crippen LogP contribution < -0.4 is 0 Å². The molecule has 2 unspecified atom stereocenters. The van der Waals surface area contributed by atoms with Crippen molar-refractivity contribution in [3.8, 4) is 0 Å². The van der Waals surface area contributed by atoms with Gasteiger partial charge in [-0.1, -0.05) is 116 Å². The highest BCUT2D eigenvalue weighted by molar-refractivity contribution is 7.39. The van der Waals surface area contributed by atoms with Gasteiger partial charge in [0.2, 0.25) is 0 Å². The van der Waals surface area contributed by atoms with Crippen molar-refractivity contribution in [1.82, 2.24) is 0 Å². The summed E-state index contributed by atoms with van der Waals surface area (Å²) in [5.74, 6) is 0.197. The number of unbranched alkanes of at least 4 members (excludes halogenated alkanes) is 7. The van der Waals surface area contributed by atoms with Gasteiger partial charge in [-0.3, -0.25) is 4.52 Å². The largest absolute Gasteiger partial charge is 0.328 e. The number of aryl methyl sites for hydroxylation is 4. The van der Waals surface area contributed by atoms with Gasteiger partial charge in [0, 0.05) is 5.92 Å². The lowest BCUT2D eigenvalue weighted by atomic mass is 9.74. The van der Waals surface area contributed by atoms with Crippen molar-refractivity contribution in [1.29, 1.82) is 0 Å². The van der Waals surface area contributed by atoms with Crippen LogP contribution in [0.2, 0.25) is 0 Å². The van der Waals surface area contributed by atoms with Crippen LogP contribution in [0.5, 0.6) is 0 Å². The molecule has 2 aromatic rings. The second kappa shape index (κ2) is 17.8. The fourth-order valence-corrected chi connectivity index (χ4v) is 7.67. The number of hydrogen-bond donors (Lipinski definition) is 2. The highest BCUT2D eigenvalue weighted by atomic mass is 31.2. The first-order valence-electron chi connectivity index (χ1n) is 17.1. The summed E-state index contributed by atoms with van der Waals surface area (Å²) in [6.07, 6.45) is 20.4. The van der Waals surface area contributed by atoms with Crippen molar-refractivity contribution >= 4 is 8.60 Å². The molecule has 0 bridgehead atoms. The minimum atomic E-state index is -2.54. The van der Waals surface area contributed by atoms with Gasteiger partial charge in [0.1, 0.15) is 5.60 Å². The highest BCUT2D eigenvalue weighted by Gasteiger charge is 2.52. The van der Waals surface area contributed by atoms with Gasteiger partial charge in [0.15, 0.2) is 0 Å². The van der Waals surface area contributed by atoms with Gasteiger partial charge in [-0.2, -0.15) is 0 Å². The molecular formula is C37H59O3P. The van der Waals surface area contributed by atoms with E-state index >= 15 is 0 Å². The third kappa shape index (κ3) is 8.88. The van der Waals surface area contributed by atoms with E-state index in [-0.39, 0.29) is 5.92 Å².